The van der Waals surface area contributed by atoms with E-state index in [9.17, 15) is 14.0 Å². The minimum atomic E-state index is -0.616. The van der Waals surface area contributed by atoms with Crippen molar-refractivity contribution in [3.05, 3.63) is 29.6 Å². The van der Waals surface area contributed by atoms with Gasteiger partial charge in [-0.25, -0.2) is 4.39 Å². The standard InChI is InChI=1S/C17H23FN2O3/c1-11(2)8-16(21)20-15-6-5-12(9-14(15)18)17(22)19-13-4-3-7-23-10-13/h5-6,9,11,13H,3-4,7-8,10H2,1-2H3,(H,19,22)(H,20,21)/t13-/m1/s1. The molecule has 0 unspecified atom stereocenters. The van der Waals surface area contributed by atoms with E-state index in [2.05, 4.69) is 10.6 Å². The number of rotatable bonds is 5. The number of nitrogens with one attached hydrogen (secondary N) is 2. The van der Waals surface area contributed by atoms with Gasteiger partial charge in [-0.3, -0.25) is 9.59 Å². The Hall–Kier alpha value is -1.95. The number of hydrogen-bond acceptors (Lipinski definition) is 3. The molecule has 0 aromatic heterocycles. The molecule has 1 aliphatic heterocycles. The zero-order valence-electron chi connectivity index (χ0n) is 13.5. The molecule has 0 radical (unpaired) electrons. The Morgan fingerprint density at radius 3 is 2.78 bits per heavy atom. The highest BCUT2D eigenvalue weighted by Crippen LogP contribution is 2.17. The van der Waals surface area contributed by atoms with E-state index in [-0.39, 0.29) is 35.0 Å². The molecule has 0 spiro atoms. The first-order valence-electron chi connectivity index (χ1n) is 7.93. The van der Waals surface area contributed by atoms with E-state index in [1.54, 1.807) is 0 Å². The Kier molecular flexibility index (Phi) is 6.10. The van der Waals surface area contributed by atoms with Gasteiger partial charge in [0.25, 0.3) is 5.91 Å². The third kappa shape index (κ3) is 5.32. The summed E-state index contributed by atoms with van der Waals surface area (Å²) >= 11 is 0. The quantitative estimate of drug-likeness (QED) is 0.876. The van der Waals surface area contributed by atoms with E-state index in [1.165, 1.54) is 12.1 Å². The van der Waals surface area contributed by atoms with Crippen molar-refractivity contribution in [2.24, 2.45) is 5.92 Å². The summed E-state index contributed by atoms with van der Waals surface area (Å²) < 4.78 is 19.4. The van der Waals surface area contributed by atoms with Gasteiger partial charge in [-0.05, 0) is 37.0 Å². The molecule has 1 fully saturated rings. The van der Waals surface area contributed by atoms with Crippen molar-refractivity contribution in [3.63, 3.8) is 0 Å². The molecule has 1 heterocycles. The van der Waals surface area contributed by atoms with Crippen LogP contribution in [0.15, 0.2) is 18.2 Å². The van der Waals surface area contributed by atoms with Gasteiger partial charge in [0.05, 0.1) is 18.3 Å². The molecule has 2 rings (SSSR count). The van der Waals surface area contributed by atoms with Crippen molar-refractivity contribution in [2.45, 2.75) is 39.2 Å². The second-order valence-electron chi connectivity index (χ2n) is 6.23. The number of halogens is 1. The van der Waals surface area contributed by atoms with Crippen LogP contribution >= 0.6 is 0 Å². The maximum Gasteiger partial charge on any atom is 0.251 e. The van der Waals surface area contributed by atoms with Crippen LogP contribution in [0.4, 0.5) is 10.1 Å². The summed E-state index contributed by atoms with van der Waals surface area (Å²) in [4.78, 5) is 23.8. The maximum absolute atomic E-state index is 14.1. The van der Waals surface area contributed by atoms with Gasteiger partial charge in [0.15, 0.2) is 0 Å². The minimum absolute atomic E-state index is 0.0373. The van der Waals surface area contributed by atoms with Crippen molar-refractivity contribution >= 4 is 17.5 Å². The van der Waals surface area contributed by atoms with Gasteiger partial charge in [0, 0.05) is 18.6 Å². The number of benzene rings is 1. The van der Waals surface area contributed by atoms with Crippen LogP contribution in [0.1, 0.15) is 43.5 Å². The second-order valence-corrected chi connectivity index (χ2v) is 6.23. The monoisotopic (exact) mass is 322 g/mol. The van der Waals surface area contributed by atoms with Gasteiger partial charge in [0.1, 0.15) is 5.82 Å². The normalized spacial score (nSPS) is 17.8. The summed E-state index contributed by atoms with van der Waals surface area (Å²) in [5.74, 6) is -0.995. The molecule has 0 saturated carbocycles. The largest absolute Gasteiger partial charge is 0.379 e. The van der Waals surface area contributed by atoms with E-state index in [0.717, 1.165) is 18.9 Å². The van der Waals surface area contributed by atoms with Crippen LogP contribution in [0.5, 0.6) is 0 Å². The van der Waals surface area contributed by atoms with E-state index < -0.39 is 5.82 Å². The predicted octanol–water partition coefficient (Wildman–Crippen LogP) is 2.72. The average Bonchev–Trinajstić information content (AvgIpc) is 2.49. The Labute approximate surface area is 135 Å². The van der Waals surface area contributed by atoms with Crippen molar-refractivity contribution in [2.75, 3.05) is 18.5 Å². The van der Waals surface area contributed by atoms with E-state index in [0.29, 0.717) is 19.6 Å². The first-order chi connectivity index (χ1) is 11.0. The molecular weight excluding hydrogens is 299 g/mol. The lowest BCUT2D eigenvalue weighted by molar-refractivity contribution is -0.116. The summed E-state index contributed by atoms with van der Waals surface area (Å²) in [6.45, 7) is 5.03. The van der Waals surface area contributed by atoms with Gasteiger partial charge < -0.3 is 15.4 Å². The van der Waals surface area contributed by atoms with Gasteiger partial charge in [0.2, 0.25) is 5.91 Å². The summed E-state index contributed by atoms with van der Waals surface area (Å²) in [6, 6.07) is 4.03. The fraction of sp³-hybridized carbons (Fsp3) is 0.529. The summed E-state index contributed by atoms with van der Waals surface area (Å²) in [6.07, 6.45) is 2.08. The average molecular weight is 322 g/mol. The molecule has 0 aliphatic carbocycles. The number of anilines is 1. The lowest BCUT2D eigenvalue weighted by atomic mass is 10.1. The number of carbonyl (C=O) groups is 2. The Morgan fingerprint density at radius 2 is 2.17 bits per heavy atom. The Bertz CT molecular complexity index is 569. The summed E-state index contributed by atoms with van der Waals surface area (Å²) in [5.41, 5.74) is 0.322. The third-order valence-corrected chi connectivity index (χ3v) is 3.59. The molecule has 2 amide bonds. The first kappa shape index (κ1) is 17.4. The van der Waals surface area contributed by atoms with Gasteiger partial charge >= 0.3 is 0 Å². The van der Waals surface area contributed by atoms with Crippen LogP contribution in [-0.4, -0.2) is 31.1 Å². The summed E-state index contributed by atoms with van der Waals surface area (Å²) in [5, 5.41) is 5.35. The fourth-order valence-corrected chi connectivity index (χ4v) is 2.45. The van der Waals surface area contributed by atoms with Gasteiger partial charge in [-0.1, -0.05) is 13.8 Å². The Morgan fingerprint density at radius 1 is 1.39 bits per heavy atom. The zero-order valence-corrected chi connectivity index (χ0v) is 13.5. The first-order valence-corrected chi connectivity index (χ1v) is 7.93. The van der Waals surface area contributed by atoms with Crippen LogP contribution in [0.2, 0.25) is 0 Å². The molecule has 1 saturated heterocycles. The second kappa shape index (κ2) is 8.06. The highest BCUT2D eigenvalue weighted by molar-refractivity contribution is 5.96. The van der Waals surface area contributed by atoms with E-state index in [1.807, 2.05) is 13.8 Å². The molecule has 1 atom stereocenters. The Balaban J connectivity index is 1.97. The van der Waals surface area contributed by atoms with Crippen molar-refractivity contribution in [1.29, 1.82) is 0 Å². The number of ether oxygens (including phenoxy) is 1. The number of carbonyl (C=O) groups excluding carboxylic acids is 2. The van der Waals surface area contributed by atoms with Gasteiger partial charge in [-0.15, -0.1) is 0 Å². The molecular formula is C17H23FN2O3. The van der Waals surface area contributed by atoms with Crippen LogP contribution in [-0.2, 0) is 9.53 Å². The molecule has 23 heavy (non-hydrogen) atoms. The highest BCUT2D eigenvalue weighted by Gasteiger charge is 2.18. The minimum Gasteiger partial charge on any atom is -0.379 e. The fourth-order valence-electron chi connectivity index (χ4n) is 2.45. The molecule has 1 aromatic rings. The van der Waals surface area contributed by atoms with Crippen LogP contribution in [0.3, 0.4) is 0 Å². The molecule has 5 nitrogen and oxygen atoms in total. The molecule has 126 valence electrons. The molecule has 6 heteroatoms. The van der Waals surface area contributed by atoms with Gasteiger partial charge in [-0.2, -0.15) is 0 Å². The predicted molar refractivity (Wildman–Crippen MR) is 85.8 cm³/mol. The van der Waals surface area contributed by atoms with Crippen LogP contribution in [0.25, 0.3) is 0 Å². The van der Waals surface area contributed by atoms with Crippen LogP contribution < -0.4 is 10.6 Å². The van der Waals surface area contributed by atoms with Crippen molar-refractivity contribution < 1.29 is 18.7 Å². The number of amides is 2. The van der Waals surface area contributed by atoms with E-state index >= 15 is 0 Å². The third-order valence-electron chi connectivity index (χ3n) is 3.59. The smallest absolute Gasteiger partial charge is 0.251 e. The lowest BCUT2D eigenvalue weighted by Crippen LogP contribution is -2.40. The topological polar surface area (TPSA) is 67.4 Å². The van der Waals surface area contributed by atoms with Crippen molar-refractivity contribution in [1.82, 2.24) is 5.32 Å². The van der Waals surface area contributed by atoms with Crippen LogP contribution in [0, 0.1) is 11.7 Å². The summed E-state index contributed by atoms with van der Waals surface area (Å²) in [7, 11) is 0. The molecule has 1 aromatic carbocycles. The number of hydrogen-bond donors (Lipinski definition) is 2. The molecule has 1 aliphatic rings. The zero-order chi connectivity index (χ0) is 16.8. The van der Waals surface area contributed by atoms with Crippen molar-refractivity contribution in [3.8, 4) is 0 Å². The SMILES string of the molecule is CC(C)CC(=O)Nc1ccc(C(=O)N[C@@H]2CCCOC2)cc1F. The lowest BCUT2D eigenvalue weighted by Gasteiger charge is -2.23. The van der Waals surface area contributed by atoms with E-state index in [4.69, 9.17) is 4.74 Å². The molecule has 0 bridgehead atoms. The molecule has 2 N–H and O–H groups in total. The maximum atomic E-state index is 14.1. The highest BCUT2D eigenvalue weighted by atomic mass is 19.1.